The zero-order chi connectivity index (χ0) is 18.4. The molecule has 0 unspecified atom stereocenters. The molecule has 0 aliphatic rings. The number of nitrogens with one attached hydrogen (secondary N) is 2. The molecule has 0 saturated carbocycles. The Labute approximate surface area is 148 Å². The second kappa shape index (κ2) is 8.11. The molecule has 130 valence electrons. The Morgan fingerprint density at radius 3 is 2.68 bits per heavy atom. The summed E-state index contributed by atoms with van der Waals surface area (Å²) in [6, 6.07) is 9.83. The number of rotatable bonds is 6. The van der Waals surface area contributed by atoms with Crippen LogP contribution in [0.25, 0.3) is 0 Å². The van der Waals surface area contributed by atoms with E-state index in [1.54, 1.807) is 0 Å². The maximum atomic E-state index is 11.7. The van der Waals surface area contributed by atoms with E-state index in [-0.39, 0.29) is 17.1 Å². The number of carbonyl (C=O) groups is 1. The Morgan fingerprint density at radius 2 is 2.04 bits per heavy atom. The van der Waals surface area contributed by atoms with Crippen LogP contribution in [0, 0.1) is 17.0 Å². The summed E-state index contributed by atoms with van der Waals surface area (Å²) in [5, 5.41) is 27.3. The first kappa shape index (κ1) is 18.2. The van der Waals surface area contributed by atoms with Gasteiger partial charge >= 0.3 is 5.69 Å². The van der Waals surface area contributed by atoms with Gasteiger partial charge in [-0.1, -0.05) is 29.3 Å². The van der Waals surface area contributed by atoms with Crippen LogP contribution in [0.15, 0.2) is 41.5 Å². The molecule has 1 amide bonds. The van der Waals surface area contributed by atoms with E-state index in [4.69, 9.17) is 11.6 Å². The van der Waals surface area contributed by atoms with Crippen LogP contribution in [-0.2, 0) is 4.79 Å². The molecule has 2 rings (SSSR count). The van der Waals surface area contributed by atoms with Crippen molar-refractivity contribution in [3.05, 3.63) is 62.7 Å². The van der Waals surface area contributed by atoms with E-state index in [2.05, 4.69) is 15.8 Å². The fourth-order valence-corrected chi connectivity index (χ4v) is 2.13. The second-order valence-corrected chi connectivity index (χ2v) is 5.57. The number of carbonyl (C=O) groups excluding carboxylic acids is 1. The van der Waals surface area contributed by atoms with Crippen molar-refractivity contribution in [2.75, 3.05) is 11.9 Å². The lowest BCUT2D eigenvalue weighted by Crippen LogP contribution is -2.25. The third kappa shape index (κ3) is 5.18. The average molecular weight is 363 g/mol. The first-order valence-corrected chi connectivity index (χ1v) is 7.54. The van der Waals surface area contributed by atoms with E-state index in [9.17, 15) is 20.0 Å². The Balaban J connectivity index is 1.95. The van der Waals surface area contributed by atoms with Gasteiger partial charge in [0.1, 0.15) is 0 Å². The van der Waals surface area contributed by atoms with Crippen LogP contribution in [0.2, 0.25) is 5.02 Å². The molecule has 25 heavy (non-hydrogen) atoms. The Bertz CT molecular complexity index is 822. The maximum absolute atomic E-state index is 11.7. The molecule has 0 saturated heterocycles. The minimum absolute atomic E-state index is 0.0118. The molecule has 0 aliphatic heterocycles. The second-order valence-electron chi connectivity index (χ2n) is 5.13. The predicted molar refractivity (Wildman–Crippen MR) is 95.2 cm³/mol. The van der Waals surface area contributed by atoms with Gasteiger partial charge in [-0.15, -0.1) is 0 Å². The molecule has 2 aromatic rings. The lowest BCUT2D eigenvalue weighted by atomic mass is 10.2. The van der Waals surface area contributed by atoms with Gasteiger partial charge in [-0.3, -0.25) is 14.9 Å². The normalized spacial score (nSPS) is 10.6. The number of nitro benzene ring substituents is 1. The molecule has 2 aromatic carbocycles. The van der Waals surface area contributed by atoms with Gasteiger partial charge in [0.05, 0.1) is 17.7 Å². The SMILES string of the molecule is Cc1ccc(NCC(=O)N/N=C/c2cc(Cl)cc([N+](=O)[O-])c2O)cc1. The summed E-state index contributed by atoms with van der Waals surface area (Å²) in [7, 11) is 0. The minimum Gasteiger partial charge on any atom is -0.502 e. The highest BCUT2D eigenvalue weighted by Gasteiger charge is 2.17. The summed E-state index contributed by atoms with van der Waals surface area (Å²) in [6.07, 6.45) is 1.08. The molecule has 0 atom stereocenters. The van der Waals surface area contributed by atoms with Crippen molar-refractivity contribution < 1.29 is 14.8 Å². The lowest BCUT2D eigenvalue weighted by Gasteiger charge is -2.05. The minimum atomic E-state index is -0.761. The number of amides is 1. The Hall–Kier alpha value is -3.13. The number of nitrogens with zero attached hydrogens (tertiary/aromatic N) is 2. The fourth-order valence-electron chi connectivity index (χ4n) is 1.91. The van der Waals surface area contributed by atoms with Crippen LogP contribution >= 0.6 is 11.6 Å². The number of anilines is 1. The summed E-state index contributed by atoms with van der Waals surface area (Å²) < 4.78 is 0. The monoisotopic (exact) mass is 362 g/mol. The zero-order valence-electron chi connectivity index (χ0n) is 13.2. The molecule has 0 fully saturated rings. The van der Waals surface area contributed by atoms with Gasteiger partial charge in [-0.2, -0.15) is 5.10 Å². The van der Waals surface area contributed by atoms with E-state index in [0.29, 0.717) is 0 Å². The molecular formula is C16H15ClN4O4. The van der Waals surface area contributed by atoms with Gasteiger partial charge in [-0.25, -0.2) is 5.43 Å². The number of hydrogen-bond acceptors (Lipinski definition) is 6. The number of phenolic OH excluding ortho intramolecular Hbond substituents is 1. The molecular weight excluding hydrogens is 348 g/mol. The molecule has 9 heteroatoms. The van der Waals surface area contributed by atoms with E-state index < -0.39 is 22.3 Å². The molecule has 0 aliphatic carbocycles. The molecule has 0 heterocycles. The number of aromatic hydroxyl groups is 1. The summed E-state index contributed by atoms with van der Waals surface area (Å²) >= 11 is 5.76. The van der Waals surface area contributed by atoms with Crippen molar-refractivity contribution >= 4 is 35.1 Å². The topological polar surface area (TPSA) is 117 Å². The van der Waals surface area contributed by atoms with Crippen molar-refractivity contribution in [2.45, 2.75) is 6.92 Å². The van der Waals surface area contributed by atoms with Crippen molar-refractivity contribution in [3.63, 3.8) is 0 Å². The summed E-state index contributed by atoms with van der Waals surface area (Å²) in [4.78, 5) is 21.8. The summed E-state index contributed by atoms with van der Waals surface area (Å²) in [6.45, 7) is 1.95. The Kier molecular flexibility index (Phi) is 5.91. The van der Waals surface area contributed by atoms with E-state index >= 15 is 0 Å². The largest absolute Gasteiger partial charge is 0.502 e. The predicted octanol–water partition coefficient (Wildman–Crippen LogP) is 2.82. The van der Waals surface area contributed by atoms with Gasteiger partial charge in [-0.05, 0) is 25.1 Å². The van der Waals surface area contributed by atoms with E-state index in [0.717, 1.165) is 23.5 Å². The summed E-state index contributed by atoms with van der Waals surface area (Å²) in [5.74, 6) is -1.00. The quantitative estimate of drug-likeness (QED) is 0.415. The average Bonchev–Trinajstić information content (AvgIpc) is 2.57. The highest BCUT2D eigenvalue weighted by atomic mass is 35.5. The fraction of sp³-hybridized carbons (Fsp3) is 0.125. The number of benzene rings is 2. The molecule has 0 spiro atoms. The van der Waals surface area contributed by atoms with Crippen molar-refractivity contribution in [3.8, 4) is 5.75 Å². The van der Waals surface area contributed by atoms with Gasteiger partial charge in [0.15, 0.2) is 0 Å². The third-order valence-corrected chi connectivity index (χ3v) is 3.40. The maximum Gasteiger partial charge on any atom is 0.312 e. The standard InChI is InChI=1S/C16H15ClN4O4/c1-10-2-4-13(5-3-10)18-9-15(22)20-19-8-11-6-12(17)7-14(16(11)23)21(24)25/h2-8,18,23H,9H2,1H3,(H,20,22)/b19-8+. The van der Waals surface area contributed by atoms with Crippen molar-refractivity contribution in [1.82, 2.24) is 5.43 Å². The number of hydrazone groups is 1. The number of nitro groups is 1. The van der Waals surface area contributed by atoms with Crippen LogP contribution in [0.4, 0.5) is 11.4 Å². The van der Waals surface area contributed by atoms with Gasteiger partial charge in [0.2, 0.25) is 5.75 Å². The smallest absolute Gasteiger partial charge is 0.312 e. The molecule has 3 N–H and O–H groups in total. The van der Waals surface area contributed by atoms with Crippen LogP contribution in [0.5, 0.6) is 5.75 Å². The molecule has 0 bridgehead atoms. The number of aryl methyl sites for hydroxylation is 1. The first-order chi connectivity index (χ1) is 11.9. The summed E-state index contributed by atoms with van der Waals surface area (Å²) in [5.41, 5.74) is 3.62. The molecule has 0 aromatic heterocycles. The van der Waals surface area contributed by atoms with Crippen LogP contribution in [0.3, 0.4) is 0 Å². The van der Waals surface area contributed by atoms with Gasteiger partial charge in [0, 0.05) is 22.3 Å². The number of hydrogen-bond donors (Lipinski definition) is 3. The highest BCUT2D eigenvalue weighted by Crippen LogP contribution is 2.32. The molecule has 8 nitrogen and oxygen atoms in total. The van der Waals surface area contributed by atoms with Crippen molar-refractivity contribution in [1.29, 1.82) is 0 Å². The van der Waals surface area contributed by atoms with E-state index in [1.165, 1.54) is 6.07 Å². The zero-order valence-corrected chi connectivity index (χ0v) is 13.9. The van der Waals surface area contributed by atoms with Crippen LogP contribution in [0.1, 0.15) is 11.1 Å². The van der Waals surface area contributed by atoms with Crippen molar-refractivity contribution in [2.24, 2.45) is 5.10 Å². The van der Waals surface area contributed by atoms with Crippen LogP contribution < -0.4 is 10.7 Å². The third-order valence-electron chi connectivity index (χ3n) is 3.18. The lowest BCUT2D eigenvalue weighted by molar-refractivity contribution is -0.385. The van der Waals surface area contributed by atoms with E-state index in [1.807, 2.05) is 31.2 Å². The number of halogens is 1. The van der Waals surface area contributed by atoms with Gasteiger partial charge in [0.25, 0.3) is 5.91 Å². The molecule has 0 radical (unpaired) electrons. The Morgan fingerprint density at radius 1 is 1.36 bits per heavy atom. The van der Waals surface area contributed by atoms with Gasteiger partial charge < -0.3 is 10.4 Å². The highest BCUT2D eigenvalue weighted by molar-refractivity contribution is 6.31. The number of phenols is 1. The first-order valence-electron chi connectivity index (χ1n) is 7.16. The van der Waals surface area contributed by atoms with Crippen LogP contribution in [-0.4, -0.2) is 28.7 Å².